The van der Waals surface area contributed by atoms with Crippen molar-refractivity contribution in [3.63, 3.8) is 0 Å². The van der Waals surface area contributed by atoms with Crippen molar-refractivity contribution in [1.82, 2.24) is 13.5 Å². The maximum Gasteiger partial charge on any atom is 0.281 e. The predicted molar refractivity (Wildman–Crippen MR) is 70.3 cm³/mol. The van der Waals surface area contributed by atoms with Crippen molar-refractivity contribution in [1.29, 1.82) is 0 Å². The van der Waals surface area contributed by atoms with Gasteiger partial charge >= 0.3 is 0 Å². The molecule has 1 rings (SSSR count). The quantitative estimate of drug-likeness (QED) is 0.717. The molecule has 1 amide bonds. The van der Waals surface area contributed by atoms with Gasteiger partial charge in [-0.25, -0.2) is 0 Å². The third kappa shape index (κ3) is 3.66. The van der Waals surface area contributed by atoms with E-state index in [4.69, 9.17) is 0 Å². The van der Waals surface area contributed by atoms with E-state index in [0.717, 1.165) is 12.8 Å². The first-order valence-electron chi connectivity index (χ1n) is 6.35. The highest BCUT2D eigenvalue weighted by atomic mass is 32.2. The third-order valence-corrected chi connectivity index (χ3v) is 5.06. The summed E-state index contributed by atoms with van der Waals surface area (Å²) in [6.07, 6.45) is 2.46. The number of amides is 1. The van der Waals surface area contributed by atoms with Gasteiger partial charge in [-0.15, -0.1) is 0 Å². The topological polar surface area (TPSA) is 60.9 Å². The third-order valence-electron chi connectivity index (χ3n) is 3.12. The van der Waals surface area contributed by atoms with Crippen molar-refractivity contribution in [3.05, 3.63) is 0 Å². The Balaban J connectivity index is 2.49. The fourth-order valence-electron chi connectivity index (χ4n) is 1.89. The Morgan fingerprint density at radius 2 is 1.72 bits per heavy atom. The van der Waals surface area contributed by atoms with Crippen molar-refractivity contribution in [2.75, 3.05) is 40.3 Å². The lowest BCUT2D eigenvalue weighted by Crippen LogP contribution is -2.53. The van der Waals surface area contributed by atoms with Crippen molar-refractivity contribution >= 4 is 16.1 Å². The highest BCUT2D eigenvalue weighted by Crippen LogP contribution is 2.11. The average molecular weight is 277 g/mol. The molecule has 0 saturated carbocycles. The molecule has 0 atom stereocenters. The molecule has 0 aliphatic carbocycles. The van der Waals surface area contributed by atoms with E-state index in [1.165, 1.54) is 22.7 Å². The first kappa shape index (κ1) is 15.4. The second kappa shape index (κ2) is 6.49. The SMILES string of the molecule is CCCCC(=O)N1CCN(S(=O)(=O)N(C)C)CC1. The van der Waals surface area contributed by atoms with Gasteiger partial charge in [-0.2, -0.15) is 17.0 Å². The van der Waals surface area contributed by atoms with Crippen LogP contribution in [0.15, 0.2) is 0 Å². The molecular formula is C11H23N3O3S. The molecule has 0 aromatic heterocycles. The van der Waals surface area contributed by atoms with E-state index in [0.29, 0.717) is 32.6 Å². The van der Waals surface area contributed by atoms with E-state index < -0.39 is 10.2 Å². The minimum atomic E-state index is -3.34. The number of rotatable bonds is 5. The summed E-state index contributed by atoms with van der Waals surface area (Å²) < 4.78 is 26.4. The second-order valence-corrected chi connectivity index (χ2v) is 6.82. The molecule has 106 valence electrons. The Morgan fingerprint density at radius 3 is 2.17 bits per heavy atom. The predicted octanol–water partition coefficient (Wildman–Crippen LogP) is 0.127. The number of nitrogens with zero attached hydrogens (tertiary/aromatic N) is 3. The van der Waals surface area contributed by atoms with Crippen molar-refractivity contribution in [2.45, 2.75) is 26.2 Å². The lowest BCUT2D eigenvalue weighted by Gasteiger charge is -2.35. The Kier molecular flexibility index (Phi) is 5.55. The van der Waals surface area contributed by atoms with E-state index in [1.54, 1.807) is 4.90 Å². The molecule has 0 N–H and O–H groups in total. The molecule has 6 nitrogen and oxygen atoms in total. The van der Waals surface area contributed by atoms with E-state index in [1.807, 2.05) is 0 Å². The number of piperazine rings is 1. The fourth-order valence-corrected chi connectivity index (χ4v) is 2.97. The van der Waals surface area contributed by atoms with Crippen LogP contribution in [0.5, 0.6) is 0 Å². The van der Waals surface area contributed by atoms with Crippen LogP contribution in [0.4, 0.5) is 0 Å². The number of hydrogen-bond acceptors (Lipinski definition) is 3. The minimum absolute atomic E-state index is 0.138. The van der Waals surface area contributed by atoms with E-state index >= 15 is 0 Å². The second-order valence-electron chi connectivity index (χ2n) is 4.67. The van der Waals surface area contributed by atoms with Crippen molar-refractivity contribution in [2.24, 2.45) is 0 Å². The standard InChI is InChI=1S/C11H23N3O3S/c1-4-5-6-11(15)13-7-9-14(10-8-13)18(16,17)12(2)3/h4-10H2,1-3H3. The molecule has 1 aliphatic rings. The monoisotopic (exact) mass is 277 g/mol. The van der Waals surface area contributed by atoms with Crippen LogP contribution in [0.1, 0.15) is 26.2 Å². The molecule has 0 bridgehead atoms. The summed E-state index contributed by atoms with van der Waals surface area (Å²) in [6.45, 7) is 3.82. The molecule has 7 heteroatoms. The van der Waals surface area contributed by atoms with Crippen LogP contribution in [0.3, 0.4) is 0 Å². The maximum atomic E-state index is 11.9. The summed E-state index contributed by atoms with van der Waals surface area (Å²) in [5.74, 6) is 0.138. The average Bonchev–Trinajstić information content (AvgIpc) is 2.35. The molecule has 18 heavy (non-hydrogen) atoms. The molecule has 1 aliphatic heterocycles. The zero-order valence-electron chi connectivity index (χ0n) is 11.4. The summed E-state index contributed by atoms with van der Waals surface area (Å²) in [5.41, 5.74) is 0. The number of carbonyl (C=O) groups is 1. The Morgan fingerprint density at radius 1 is 1.17 bits per heavy atom. The van der Waals surface area contributed by atoms with Gasteiger partial charge in [0.25, 0.3) is 10.2 Å². The zero-order chi connectivity index (χ0) is 13.8. The summed E-state index contributed by atoms with van der Waals surface area (Å²) in [4.78, 5) is 13.6. The van der Waals surface area contributed by atoms with Gasteiger partial charge in [-0.05, 0) is 6.42 Å². The highest BCUT2D eigenvalue weighted by Gasteiger charge is 2.29. The Hall–Kier alpha value is -0.660. The summed E-state index contributed by atoms with van der Waals surface area (Å²) >= 11 is 0. The van der Waals surface area contributed by atoms with E-state index in [9.17, 15) is 13.2 Å². The Bertz CT molecular complexity index is 373. The molecule has 0 spiro atoms. The van der Waals surface area contributed by atoms with Crippen LogP contribution in [0.2, 0.25) is 0 Å². The summed E-state index contributed by atoms with van der Waals surface area (Å²) in [7, 11) is -0.293. The van der Waals surface area contributed by atoms with Crippen LogP contribution >= 0.6 is 0 Å². The smallest absolute Gasteiger partial charge is 0.281 e. The first-order valence-corrected chi connectivity index (χ1v) is 7.74. The zero-order valence-corrected chi connectivity index (χ0v) is 12.2. The van der Waals surface area contributed by atoms with E-state index in [2.05, 4.69) is 6.92 Å². The van der Waals surface area contributed by atoms with Gasteiger partial charge in [0, 0.05) is 46.7 Å². The molecule has 1 saturated heterocycles. The minimum Gasteiger partial charge on any atom is -0.340 e. The molecule has 0 radical (unpaired) electrons. The fraction of sp³-hybridized carbons (Fsp3) is 0.909. The largest absolute Gasteiger partial charge is 0.340 e. The molecular weight excluding hydrogens is 254 g/mol. The van der Waals surface area contributed by atoms with Gasteiger partial charge in [0.2, 0.25) is 5.91 Å². The number of carbonyl (C=O) groups excluding carboxylic acids is 1. The maximum absolute atomic E-state index is 11.9. The van der Waals surface area contributed by atoms with Crippen LogP contribution in [-0.4, -0.2) is 68.1 Å². The van der Waals surface area contributed by atoms with Gasteiger partial charge < -0.3 is 4.90 Å². The lowest BCUT2D eigenvalue weighted by molar-refractivity contribution is -0.132. The van der Waals surface area contributed by atoms with Crippen molar-refractivity contribution in [3.8, 4) is 0 Å². The molecule has 1 heterocycles. The van der Waals surface area contributed by atoms with E-state index in [-0.39, 0.29) is 5.91 Å². The van der Waals surface area contributed by atoms with Crippen molar-refractivity contribution < 1.29 is 13.2 Å². The summed E-state index contributed by atoms with van der Waals surface area (Å²) in [6, 6.07) is 0. The van der Waals surface area contributed by atoms with Gasteiger partial charge in [0.1, 0.15) is 0 Å². The van der Waals surface area contributed by atoms with Gasteiger partial charge in [-0.1, -0.05) is 13.3 Å². The normalized spacial score (nSPS) is 18.3. The number of unbranched alkanes of at least 4 members (excludes halogenated alkanes) is 1. The number of hydrogen-bond donors (Lipinski definition) is 0. The van der Waals surface area contributed by atoms with Crippen LogP contribution in [0, 0.1) is 0 Å². The molecule has 0 aromatic rings. The molecule has 0 aromatic carbocycles. The van der Waals surface area contributed by atoms with Crippen LogP contribution in [0.25, 0.3) is 0 Å². The van der Waals surface area contributed by atoms with Crippen LogP contribution in [-0.2, 0) is 15.0 Å². The van der Waals surface area contributed by atoms with Gasteiger partial charge in [0.05, 0.1) is 0 Å². The van der Waals surface area contributed by atoms with Gasteiger partial charge in [0.15, 0.2) is 0 Å². The molecule has 0 unspecified atom stereocenters. The highest BCUT2D eigenvalue weighted by molar-refractivity contribution is 7.86. The lowest BCUT2D eigenvalue weighted by atomic mass is 10.2. The molecule has 1 fully saturated rings. The summed E-state index contributed by atoms with van der Waals surface area (Å²) in [5, 5.41) is 0. The first-order chi connectivity index (χ1) is 8.39. The Labute approximate surface area is 110 Å². The van der Waals surface area contributed by atoms with Crippen LogP contribution < -0.4 is 0 Å². The van der Waals surface area contributed by atoms with Gasteiger partial charge in [-0.3, -0.25) is 4.79 Å².